The van der Waals surface area contributed by atoms with Gasteiger partial charge in [-0.1, -0.05) is 35.9 Å². The van der Waals surface area contributed by atoms with Gasteiger partial charge in [-0.3, -0.25) is 9.59 Å². The first-order chi connectivity index (χ1) is 16.7. The van der Waals surface area contributed by atoms with Crippen molar-refractivity contribution >= 4 is 35.1 Å². The minimum absolute atomic E-state index is 0. The molecule has 0 bridgehead atoms. The van der Waals surface area contributed by atoms with E-state index in [0.717, 1.165) is 0 Å². The SMILES string of the molecule is O=C(COCC(=O)N(Cc1ccc(F)cc1)Cc1ccc(F)cc1)Nc1ccc(Cl)cc1C(=O)O.[H-].[Na+]. The van der Waals surface area contributed by atoms with E-state index in [2.05, 4.69) is 5.32 Å². The van der Waals surface area contributed by atoms with Gasteiger partial charge in [0.25, 0.3) is 0 Å². The predicted octanol–water partition coefficient (Wildman–Crippen LogP) is 1.62. The summed E-state index contributed by atoms with van der Waals surface area (Å²) in [5.74, 6) is -3.20. The van der Waals surface area contributed by atoms with Crippen LogP contribution in [0.2, 0.25) is 5.02 Å². The van der Waals surface area contributed by atoms with Gasteiger partial charge in [-0.05, 0) is 53.6 Å². The summed E-state index contributed by atoms with van der Waals surface area (Å²) in [5, 5.41) is 11.9. The topological polar surface area (TPSA) is 95.9 Å². The summed E-state index contributed by atoms with van der Waals surface area (Å²) in [5.41, 5.74) is 1.19. The van der Waals surface area contributed by atoms with Crippen LogP contribution in [0.15, 0.2) is 66.7 Å². The van der Waals surface area contributed by atoms with Crippen molar-refractivity contribution in [1.82, 2.24) is 4.90 Å². The van der Waals surface area contributed by atoms with Gasteiger partial charge in [0, 0.05) is 18.1 Å². The van der Waals surface area contributed by atoms with Gasteiger partial charge in [0.15, 0.2) is 0 Å². The molecule has 2 N–H and O–H groups in total. The number of hydrogen-bond acceptors (Lipinski definition) is 4. The number of aromatic carboxylic acids is 1. The molecule has 11 heteroatoms. The Morgan fingerprint density at radius 3 is 1.92 bits per heavy atom. The van der Waals surface area contributed by atoms with Gasteiger partial charge in [0.1, 0.15) is 24.8 Å². The minimum atomic E-state index is -1.27. The van der Waals surface area contributed by atoms with Crippen LogP contribution in [-0.4, -0.2) is 41.0 Å². The molecule has 0 aliphatic rings. The number of nitrogens with zero attached hydrogens (tertiary/aromatic N) is 1. The normalized spacial score (nSPS) is 10.3. The van der Waals surface area contributed by atoms with Crippen molar-refractivity contribution < 1.29 is 64.0 Å². The molecule has 3 rings (SSSR count). The third-order valence-electron chi connectivity index (χ3n) is 4.87. The summed E-state index contributed by atoms with van der Waals surface area (Å²) < 4.78 is 31.7. The fourth-order valence-electron chi connectivity index (χ4n) is 3.16. The van der Waals surface area contributed by atoms with Gasteiger partial charge in [-0.15, -0.1) is 0 Å². The number of carbonyl (C=O) groups excluding carboxylic acids is 2. The van der Waals surface area contributed by atoms with Crippen LogP contribution < -0.4 is 34.9 Å². The molecule has 0 aliphatic heterocycles. The second-order valence-corrected chi connectivity index (χ2v) is 7.98. The Morgan fingerprint density at radius 1 is 0.889 bits per heavy atom. The zero-order valence-electron chi connectivity index (χ0n) is 20.3. The van der Waals surface area contributed by atoms with Gasteiger partial charge in [-0.25, -0.2) is 13.6 Å². The molecule has 0 unspecified atom stereocenters. The Labute approximate surface area is 234 Å². The molecule has 0 aliphatic carbocycles. The number of amides is 2. The van der Waals surface area contributed by atoms with Crippen molar-refractivity contribution in [2.75, 3.05) is 18.5 Å². The second-order valence-electron chi connectivity index (χ2n) is 7.54. The van der Waals surface area contributed by atoms with Gasteiger partial charge in [0.05, 0.1) is 11.3 Å². The molecule has 3 aromatic carbocycles. The minimum Gasteiger partial charge on any atom is -1.00 e. The van der Waals surface area contributed by atoms with E-state index in [1.165, 1.54) is 47.4 Å². The van der Waals surface area contributed by atoms with Gasteiger partial charge in [0.2, 0.25) is 11.8 Å². The Kier molecular flexibility index (Phi) is 11.5. The van der Waals surface area contributed by atoms with Crippen molar-refractivity contribution in [3.05, 3.63) is 100 Å². The number of rotatable bonds is 10. The molecule has 0 saturated carbocycles. The van der Waals surface area contributed by atoms with E-state index in [-0.39, 0.29) is 60.3 Å². The fourth-order valence-corrected chi connectivity index (χ4v) is 3.34. The summed E-state index contributed by atoms with van der Waals surface area (Å²) in [4.78, 5) is 37.8. The molecule has 0 atom stereocenters. The zero-order chi connectivity index (χ0) is 25.4. The van der Waals surface area contributed by atoms with Crippen LogP contribution >= 0.6 is 11.6 Å². The van der Waals surface area contributed by atoms with Crippen LogP contribution in [0.3, 0.4) is 0 Å². The molecule has 2 amide bonds. The van der Waals surface area contributed by atoms with E-state index in [9.17, 15) is 28.3 Å². The van der Waals surface area contributed by atoms with Crippen LogP contribution in [0.1, 0.15) is 22.9 Å². The molecule has 3 aromatic rings. The Balaban J connectivity index is 0.00000342. The quantitative estimate of drug-likeness (QED) is 0.392. The molecular weight excluding hydrogens is 505 g/mol. The average molecular weight is 527 g/mol. The molecule has 0 spiro atoms. The number of nitrogens with one attached hydrogen (secondary N) is 1. The molecule has 0 aromatic heterocycles. The number of halogens is 3. The number of carbonyl (C=O) groups is 3. The van der Waals surface area contributed by atoms with E-state index >= 15 is 0 Å². The van der Waals surface area contributed by atoms with Crippen LogP contribution in [0.5, 0.6) is 0 Å². The summed E-state index contributed by atoms with van der Waals surface area (Å²) in [6, 6.07) is 15.3. The smallest absolute Gasteiger partial charge is 1.00 e. The molecule has 0 radical (unpaired) electrons. The summed E-state index contributed by atoms with van der Waals surface area (Å²) >= 11 is 5.80. The van der Waals surface area contributed by atoms with Crippen molar-refractivity contribution in [2.45, 2.75) is 13.1 Å². The molecule has 0 fully saturated rings. The maximum Gasteiger partial charge on any atom is 1.00 e. The van der Waals surface area contributed by atoms with E-state index in [4.69, 9.17) is 16.3 Å². The number of carboxylic acids is 1. The largest absolute Gasteiger partial charge is 1.00 e. The fraction of sp³-hybridized carbons (Fsp3) is 0.160. The van der Waals surface area contributed by atoms with Crippen molar-refractivity contribution in [1.29, 1.82) is 0 Å². The molecule has 0 heterocycles. The third-order valence-corrected chi connectivity index (χ3v) is 5.11. The number of hydrogen-bond donors (Lipinski definition) is 2. The number of anilines is 1. The Hall–Kier alpha value is -2.82. The standard InChI is InChI=1S/C25H21ClF2N2O5.Na.H/c26-18-5-10-22(21(11-18)25(33)34)29-23(31)14-35-15-24(32)30(12-16-1-6-19(27)7-2-16)13-17-3-8-20(28)9-4-17;;/h1-11H,12-15H2,(H,29,31)(H,33,34);;/q;+1;-1. The average Bonchev–Trinajstić information content (AvgIpc) is 2.82. The van der Waals surface area contributed by atoms with Gasteiger partial charge >= 0.3 is 35.5 Å². The van der Waals surface area contributed by atoms with Crippen LogP contribution in [0.25, 0.3) is 0 Å². The first kappa shape index (κ1) is 29.4. The van der Waals surface area contributed by atoms with Gasteiger partial charge in [-0.2, -0.15) is 0 Å². The van der Waals surface area contributed by atoms with E-state index in [1.807, 2.05) is 0 Å². The second kappa shape index (κ2) is 14.1. The van der Waals surface area contributed by atoms with Gasteiger partial charge < -0.3 is 21.5 Å². The van der Waals surface area contributed by atoms with E-state index in [0.29, 0.717) is 11.1 Å². The van der Waals surface area contributed by atoms with Crippen LogP contribution in [-0.2, 0) is 27.4 Å². The summed E-state index contributed by atoms with van der Waals surface area (Å²) in [7, 11) is 0. The molecule has 0 saturated heterocycles. The molecule has 7 nitrogen and oxygen atoms in total. The summed E-state index contributed by atoms with van der Waals surface area (Å²) in [6.07, 6.45) is 0. The maximum atomic E-state index is 13.2. The number of benzene rings is 3. The molecular formula is C25H22ClF2N2NaO5. The maximum absolute atomic E-state index is 13.2. The number of ether oxygens (including phenoxy) is 1. The third kappa shape index (κ3) is 9.00. The Bertz CT molecular complexity index is 1170. The van der Waals surface area contributed by atoms with Crippen molar-refractivity contribution in [3.63, 3.8) is 0 Å². The predicted molar refractivity (Wildman–Crippen MR) is 126 cm³/mol. The zero-order valence-corrected chi connectivity index (χ0v) is 22.1. The molecule has 184 valence electrons. The van der Waals surface area contributed by atoms with Crippen molar-refractivity contribution in [2.24, 2.45) is 0 Å². The Morgan fingerprint density at radius 2 is 1.42 bits per heavy atom. The van der Waals surface area contributed by atoms with Crippen LogP contribution in [0, 0.1) is 11.6 Å². The molecule has 36 heavy (non-hydrogen) atoms. The van der Waals surface area contributed by atoms with Crippen LogP contribution in [0.4, 0.5) is 14.5 Å². The van der Waals surface area contributed by atoms with E-state index in [1.54, 1.807) is 24.3 Å². The van der Waals surface area contributed by atoms with Crippen molar-refractivity contribution in [3.8, 4) is 0 Å². The first-order valence-electron chi connectivity index (χ1n) is 10.4. The first-order valence-corrected chi connectivity index (χ1v) is 10.8. The van der Waals surface area contributed by atoms with E-state index < -0.39 is 42.6 Å². The number of carboxylic acid groups (broad SMARTS) is 1. The summed E-state index contributed by atoms with van der Waals surface area (Å²) in [6.45, 7) is -0.672. The monoisotopic (exact) mass is 526 g/mol.